The SMILES string of the molecule is CC(NC(=O)CI)c1cccc2c(N)c(S(=O)(=O)O)ccc12. The molecule has 0 spiro atoms. The smallest absolute Gasteiger partial charge is 0.296 e. The van der Waals surface area contributed by atoms with E-state index in [-0.39, 0.29) is 22.5 Å². The van der Waals surface area contributed by atoms with Gasteiger partial charge in [-0.15, -0.1) is 0 Å². The first-order valence-corrected chi connectivity index (χ1v) is 9.36. The molecule has 0 aliphatic heterocycles. The monoisotopic (exact) mass is 434 g/mol. The lowest BCUT2D eigenvalue weighted by Gasteiger charge is -2.17. The predicted octanol–water partition coefficient (Wildman–Crippen LogP) is 2.28. The van der Waals surface area contributed by atoms with Crippen LogP contribution in [0.25, 0.3) is 10.8 Å². The molecular weight excluding hydrogens is 419 g/mol. The average Bonchev–Trinajstić information content (AvgIpc) is 2.45. The summed E-state index contributed by atoms with van der Waals surface area (Å²) in [5.41, 5.74) is 6.69. The van der Waals surface area contributed by atoms with E-state index in [1.165, 1.54) is 6.07 Å². The molecule has 8 heteroatoms. The van der Waals surface area contributed by atoms with Crippen molar-refractivity contribution in [2.24, 2.45) is 0 Å². The molecule has 0 aliphatic rings. The molecule has 6 nitrogen and oxygen atoms in total. The van der Waals surface area contributed by atoms with E-state index in [2.05, 4.69) is 5.32 Å². The van der Waals surface area contributed by atoms with Crippen LogP contribution in [0.2, 0.25) is 0 Å². The molecule has 1 amide bonds. The minimum absolute atomic E-state index is 0.00531. The normalized spacial score (nSPS) is 13.0. The third-order valence-electron chi connectivity index (χ3n) is 3.34. The molecule has 0 aromatic heterocycles. The second kappa shape index (κ2) is 6.39. The van der Waals surface area contributed by atoms with Crippen molar-refractivity contribution in [2.45, 2.75) is 17.9 Å². The van der Waals surface area contributed by atoms with Crippen LogP contribution in [0.4, 0.5) is 5.69 Å². The van der Waals surface area contributed by atoms with Crippen LogP contribution in [-0.2, 0) is 14.9 Å². The summed E-state index contributed by atoms with van der Waals surface area (Å²) in [7, 11) is -4.38. The third kappa shape index (κ3) is 3.33. The zero-order chi connectivity index (χ0) is 16.5. The van der Waals surface area contributed by atoms with Gasteiger partial charge in [0.2, 0.25) is 5.91 Å². The number of rotatable bonds is 4. The maximum absolute atomic E-state index is 11.5. The van der Waals surface area contributed by atoms with Crippen molar-refractivity contribution in [1.29, 1.82) is 0 Å². The van der Waals surface area contributed by atoms with Crippen LogP contribution in [0.1, 0.15) is 18.5 Å². The molecule has 2 aromatic rings. The molecule has 22 heavy (non-hydrogen) atoms. The minimum atomic E-state index is -4.38. The molecule has 2 rings (SSSR count). The van der Waals surface area contributed by atoms with E-state index in [4.69, 9.17) is 5.73 Å². The first-order chi connectivity index (χ1) is 10.3. The van der Waals surface area contributed by atoms with Crippen molar-refractivity contribution in [3.8, 4) is 0 Å². The van der Waals surface area contributed by atoms with E-state index in [1.807, 2.05) is 35.6 Å². The quantitative estimate of drug-likeness (QED) is 0.296. The maximum atomic E-state index is 11.5. The van der Waals surface area contributed by atoms with Crippen molar-refractivity contribution in [3.05, 3.63) is 35.9 Å². The number of benzene rings is 2. The summed E-state index contributed by atoms with van der Waals surface area (Å²) in [5.74, 6) is -0.0902. The van der Waals surface area contributed by atoms with E-state index >= 15 is 0 Å². The van der Waals surface area contributed by atoms with Gasteiger partial charge in [-0.1, -0.05) is 46.9 Å². The molecule has 0 saturated heterocycles. The minimum Gasteiger partial charge on any atom is -0.397 e. The van der Waals surface area contributed by atoms with Crippen molar-refractivity contribution >= 4 is 55.1 Å². The van der Waals surface area contributed by atoms with Crippen molar-refractivity contribution < 1.29 is 17.8 Å². The Kier molecular flexibility index (Phi) is 4.93. The Morgan fingerprint density at radius 3 is 2.59 bits per heavy atom. The topological polar surface area (TPSA) is 109 Å². The van der Waals surface area contributed by atoms with Gasteiger partial charge < -0.3 is 11.1 Å². The second-order valence-corrected chi connectivity index (χ2v) is 6.97. The van der Waals surface area contributed by atoms with Crippen LogP contribution < -0.4 is 11.1 Å². The highest BCUT2D eigenvalue weighted by Crippen LogP contribution is 2.32. The molecule has 118 valence electrons. The molecule has 0 aliphatic carbocycles. The number of nitrogens with one attached hydrogen (secondary N) is 1. The number of alkyl halides is 1. The summed E-state index contributed by atoms with van der Waals surface area (Å²) >= 11 is 1.98. The van der Waals surface area contributed by atoms with Gasteiger partial charge in [-0.05, 0) is 23.9 Å². The first-order valence-electron chi connectivity index (χ1n) is 6.39. The van der Waals surface area contributed by atoms with Gasteiger partial charge in [0.25, 0.3) is 10.1 Å². The molecule has 0 radical (unpaired) electrons. The fourth-order valence-corrected chi connectivity index (χ4v) is 3.19. The summed E-state index contributed by atoms with van der Waals surface area (Å²) in [5, 5.41) is 4.09. The molecule has 0 fully saturated rings. The highest BCUT2D eigenvalue weighted by atomic mass is 127. The van der Waals surface area contributed by atoms with Gasteiger partial charge in [-0.3, -0.25) is 9.35 Å². The zero-order valence-electron chi connectivity index (χ0n) is 11.7. The van der Waals surface area contributed by atoms with Gasteiger partial charge >= 0.3 is 0 Å². The molecule has 0 saturated carbocycles. The summed E-state index contributed by atoms with van der Waals surface area (Å²) in [4.78, 5) is 11.2. The standard InChI is InChI=1S/C14H15IN2O4S/c1-8(17-13(18)7-15)9-3-2-4-11-10(9)5-6-12(14(11)16)22(19,20)21/h2-6,8H,7,16H2,1H3,(H,17,18)(H,19,20,21). The average molecular weight is 434 g/mol. The summed E-state index contributed by atoms with van der Waals surface area (Å²) in [6.07, 6.45) is 0. The maximum Gasteiger partial charge on any atom is 0.296 e. The van der Waals surface area contributed by atoms with E-state index in [1.54, 1.807) is 18.2 Å². The highest BCUT2D eigenvalue weighted by molar-refractivity contribution is 14.1. The number of hydrogen-bond donors (Lipinski definition) is 3. The summed E-state index contributed by atoms with van der Waals surface area (Å²) in [6, 6.07) is 7.85. The highest BCUT2D eigenvalue weighted by Gasteiger charge is 2.18. The third-order valence-corrected chi connectivity index (χ3v) is 4.94. The fourth-order valence-electron chi connectivity index (χ4n) is 2.35. The largest absolute Gasteiger partial charge is 0.397 e. The number of hydrogen-bond acceptors (Lipinski definition) is 4. The lowest BCUT2D eigenvalue weighted by molar-refractivity contribution is -0.118. The predicted molar refractivity (Wildman–Crippen MR) is 93.6 cm³/mol. The molecule has 2 aromatic carbocycles. The number of anilines is 1. The van der Waals surface area contributed by atoms with E-state index in [9.17, 15) is 17.8 Å². The van der Waals surface area contributed by atoms with Gasteiger partial charge in [-0.2, -0.15) is 8.42 Å². The van der Waals surface area contributed by atoms with Crippen LogP contribution in [0, 0.1) is 0 Å². The van der Waals surface area contributed by atoms with E-state index in [0.717, 1.165) is 10.9 Å². The second-order valence-electron chi connectivity index (χ2n) is 4.82. The summed E-state index contributed by atoms with van der Waals surface area (Å²) in [6.45, 7) is 1.84. The first kappa shape index (κ1) is 17.0. The molecule has 1 unspecified atom stereocenters. The van der Waals surface area contributed by atoms with Crippen molar-refractivity contribution in [1.82, 2.24) is 5.32 Å². The lowest BCUT2D eigenvalue weighted by atomic mass is 9.98. The number of fused-ring (bicyclic) bond motifs is 1. The Labute approximate surface area is 142 Å². The van der Waals surface area contributed by atoms with Crippen LogP contribution in [0.3, 0.4) is 0 Å². The number of amides is 1. The molecule has 0 bridgehead atoms. The van der Waals surface area contributed by atoms with Gasteiger partial charge in [0.1, 0.15) is 4.90 Å². The van der Waals surface area contributed by atoms with Gasteiger partial charge in [-0.25, -0.2) is 0 Å². The molecule has 1 atom stereocenters. The van der Waals surface area contributed by atoms with E-state index in [0.29, 0.717) is 9.81 Å². The van der Waals surface area contributed by atoms with Gasteiger partial charge in [0.05, 0.1) is 16.2 Å². The Hall–Kier alpha value is -1.39. The Balaban J connectivity index is 2.60. The number of carbonyl (C=O) groups is 1. The molecule has 0 heterocycles. The lowest BCUT2D eigenvalue weighted by Crippen LogP contribution is -2.27. The number of nitrogen functional groups attached to an aromatic ring is 1. The number of nitrogens with two attached hydrogens (primary N) is 1. The summed E-state index contributed by atoms with van der Waals surface area (Å²) < 4.78 is 32.2. The van der Waals surface area contributed by atoms with Crippen LogP contribution >= 0.6 is 22.6 Å². The van der Waals surface area contributed by atoms with Crippen molar-refractivity contribution in [3.63, 3.8) is 0 Å². The van der Waals surface area contributed by atoms with Gasteiger partial charge in [0, 0.05) is 5.39 Å². The Morgan fingerprint density at radius 1 is 1.32 bits per heavy atom. The Bertz CT molecular complexity index is 836. The molecular formula is C14H15IN2O4S. The van der Waals surface area contributed by atoms with E-state index < -0.39 is 10.1 Å². The Morgan fingerprint density at radius 2 is 2.00 bits per heavy atom. The van der Waals surface area contributed by atoms with Crippen molar-refractivity contribution in [2.75, 3.05) is 10.2 Å². The van der Waals surface area contributed by atoms with Crippen LogP contribution in [0.5, 0.6) is 0 Å². The van der Waals surface area contributed by atoms with Crippen LogP contribution in [-0.4, -0.2) is 23.3 Å². The van der Waals surface area contributed by atoms with Gasteiger partial charge in [0.15, 0.2) is 0 Å². The number of carbonyl (C=O) groups excluding carboxylic acids is 1. The zero-order valence-corrected chi connectivity index (χ0v) is 14.7. The molecule has 4 N–H and O–H groups in total. The number of halogens is 1. The fraction of sp³-hybridized carbons (Fsp3) is 0.214. The van der Waals surface area contributed by atoms with Crippen LogP contribution in [0.15, 0.2) is 35.2 Å².